The van der Waals surface area contributed by atoms with Gasteiger partial charge in [-0.15, -0.1) is 11.3 Å². The van der Waals surface area contributed by atoms with Crippen molar-refractivity contribution in [3.8, 4) is 0 Å². The van der Waals surface area contributed by atoms with Crippen molar-refractivity contribution in [3.63, 3.8) is 0 Å². The minimum Gasteiger partial charge on any atom is -0.298 e. The van der Waals surface area contributed by atoms with Crippen LogP contribution in [0, 0.1) is 5.92 Å². The highest BCUT2D eigenvalue weighted by Crippen LogP contribution is 2.27. The second-order valence-electron chi connectivity index (χ2n) is 4.13. The Bertz CT molecular complexity index is 539. The lowest BCUT2D eigenvalue weighted by atomic mass is 9.85. The van der Waals surface area contributed by atoms with Crippen LogP contribution in [0.25, 0.3) is 10.2 Å². The number of thiophene rings is 1. The minimum absolute atomic E-state index is 0.127. The summed E-state index contributed by atoms with van der Waals surface area (Å²) in [5.41, 5.74) is 0.955. The molecule has 4 heteroatoms. The molecule has 0 aromatic carbocycles. The SMILES string of the molecule is O=c1c2sccc2ncn1CC1CCC1. The quantitative estimate of drug-likeness (QED) is 0.778. The van der Waals surface area contributed by atoms with Crippen molar-refractivity contribution in [1.29, 1.82) is 0 Å². The maximum atomic E-state index is 12.0. The molecule has 0 aliphatic heterocycles. The summed E-state index contributed by atoms with van der Waals surface area (Å²) in [5, 5.41) is 1.92. The van der Waals surface area contributed by atoms with Crippen LogP contribution < -0.4 is 5.56 Å². The molecule has 1 aliphatic carbocycles. The number of aromatic nitrogens is 2. The Hall–Kier alpha value is -1.16. The zero-order valence-corrected chi connectivity index (χ0v) is 9.17. The summed E-state index contributed by atoms with van der Waals surface area (Å²) in [7, 11) is 0. The third-order valence-corrected chi connectivity index (χ3v) is 4.01. The van der Waals surface area contributed by atoms with E-state index in [9.17, 15) is 4.79 Å². The maximum Gasteiger partial charge on any atom is 0.271 e. The van der Waals surface area contributed by atoms with Crippen LogP contribution >= 0.6 is 11.3 Å². The smallest absolute Gasteiger partial charge is 0.271 e. The predicted octanol–water partition coefficient (Wildman–Crippen LogP) is 2.26. The molecule has 0 radical (unpaired) electrons. The largest absolute Gasteiger partial charge is 0.298 e. The fraction of sp³-hybridized carbons (Fsp3) is 0.455. The third-order valence-electron chi connectivity index (χ3n) is 3.12. The molecule has 15 heavy (non-hydrogen) atoms. The van der Waals surface area contributed by atoms with E-state index in [4.69, 9.17) is 0 Å². The molecule has 0 unspecified atom stereocenters. The average molecular weight is 220 g/mol. The first kappa shape index (κ1) is 9.09. The molecule has 0 bridgehead atoms. The van der Waals surface area contributed by atoms with Crippen LogP contribution in [0.1, 0.15) is 19.3 Å². The van der Waals surface area contributed by atoms with Crippen molar-refractivity contribution < 1.29 is 0 Å². The van der Waals surface area contributed by atoms with Gasteiger partial charge >= 0.3 is 0 Å². The van der Waals surface area contributed by atoms with Crippen LogP contribution in [0.3, 0.4) is 0 Å². The van der Waals surface area contributed by atoms with Gasteiger partial charge < -0.3 is 0 Å². The van der Waals surface area contributed by atoms with E-state index in [1.165, 1.54) is 30.6 Å². The minimum atomic E-state index is 0.127. The van der Waals surface area contributed by atoms with Crippen LogP contribution in [0.5, 0.6) is 0 Å². The molecule has 1 fully saturated rings. The summed E-state index contributed by atoms with van der Waals surface area (Å²) < 4.78 is 2.56. The Morgan fingerprint density at radius 2 is 2.40 bits per heavy atom. The van der Waals surface area contributed by atoms with E-state index >= 15 is 0 Å². The zero-order valence-electron chi connectivity index (χ0n) is 8.35. The van der Waals surface area contributed by atoms with Gasteiger partial charge in [0, 0.05) is 6.54 Å². The summed E-state index contributed by atoms with van der Waals surface area (Å²) in [6.07, 6.45) is 5.52. The van der Waals surface area contributed by atoms with Crippen molar-refractivity contribution in [3.05, 3.63) is 28.1 Å². The Kier molecular flexibility index (Phi) is 2.09. The molecule has 1 aliphatic rings. The predicted molar refractivity (Wildman–Crippen MR) is 61.2 cm³/mol. The van der Waals surface area contributed by atoms with Crippen LogP contribution in [-0.2, 0) is 6.54 Å². The lowest BCUT2D eigenvalue weighted by Crippen LogP contribution is -2.26. The van der Waals surface area contributed by atoms with Gasteiger partial charge in [-0.05, 0) is 30.2 Å². The maximum absolute atomic E-state index is 12.0. The Labute approximate surface area is 91.4 Å². The Morgan fingerprint density at radius 1 is 1.53 bits per heavy atom. The third kappa shape index (κ3) is 1.49. The van der Waals surface area contributed by atoms with Gasteiger partial charge in [-0.25, -0.2) is 4.98 Å². The zero-order chi connectivity index (χ0) is 10.3. The van der Waals surface area contributed by atoms with E-state index in [-0.39, 0.29) is 5.56 Å². The fourth-order valence-corrected chi connectivity index (χ4v) is 2.76. The van der Waals surface area contributed by atoms with Crippen molar-refractivity contribution in [1.82, 2.24) is 9.55 Å². The van der Waals surface area contributed by atoms with E-state index < -0.39 is 0 Å². The van der Waals surface area contributed by atoms with Gasteiger partial charge in [-0.1, -0.05) is 6.42 Å². The van der Waals surface area contributed by atoms with Crippen molar-refractivity contribution in [2.24, 2.45) is 5.92 Å². The number of nitrogens with zero attached hydrogens (tertiary/aromatic N) is 2. The molecular weight excluding hydrogens is 208 g/mol. The summed E-state index contributed by atoms with van der Waals surface area (Å²) in [5.74, 6) is 0.696. The molecule has 0 saturated heterocycles. The molecule has 2 heterocycles. The Balaban J connectivity index is 2.02. The number of fused-ring (bicyclic) bond motifs is 1. The van der Waals surface area contributed by atoms with Crippen LogP contribution in [0.4, 0.5) is 0 Å². The van der Waals surface area contributed by atoms with Crippen molar-refractivity contribution in [2.75, 3.05) is 0 Å². The highest BCUT2D eigenvalue weighted by molar-refractivity contribution is 7.17. The first-order chi connectivity index (χ1) is 7.34. The lowest BCUT2D eigenvalue weighted by Gasteiger charge is -2.25. The molecule has 78 valence electrons. The van der Waals surface area contributed by atoms with Crippen molar-refractivity contribution >= 4 is 21.6 Å². The molecule has 0 spiro atoms. The van der Waals surface area contributed by atoms with Crippen LogP contribution in [0.15, 0.2) is 22.6 Å². The molecule has 3 nitrogen and oxygen atoms in total. The van der Waals surface area contributed by atoms with Crippen LogP contribution in [-0.4, -0.2) is 9.55 Å². The highest BCUT2D eigenvalue weighted by atomic mass is 32.1. The molecule has 0 atom stereocenters. The van der Waals surface area contributed by atoms with E-state index in [0.29, 0.717) is 5.92 Å². The van der Waals surface area contributed by atoms with E-state index in [1.807, 2.05) is 11.4 Å². The van der Waals surface area contributed by atoms with Gasteiger partial charge in [-0.3, -0.25) is 9.36 Å². The van der Waals surface area contributed by atoms with Gasteiger partial charge in [0.1, 0.15) is 4.70 Å². The number of hydrogen-bond donors (Lipinski definition) is 0. The number of rotatable bonds is 2. The highest BCUT2D eigenvalue weighted by Gasteiger charge is 2.18. The molecule has 1 saturated carbocycles. The number of hydrogen-bond acceptors (Lipinski definition) is 3. The monoisotopic (exact) mass is 220 g/mol. The summed E-state index contributed by atoms with van der Waals surface area (Å²) in [4.78, 5) is 16.3. The lowest BCUT2D eigenvalue weighted by molar-refractivity contribution is 0.273. The summed E-state index contributed by atoms with van der Waals surface area (Å²) in [6.45, 7) is 0.847. The molecule has 2 aromatic heterocycles. The first-order valence-electron chi connectivity index (χ1n) is 5.27. The average Bonchev–Trinajstić information content (AvgIpc) is 2.62. The van der Waals surface area contributed by atoms with E-state index in [0.717, 1.165) is 16.8 Å². The van der Waals surface area contributed by atoms with Gasteiger partial charge in [-0.2, -0.15) is 0 Å². The van der Waals surface area contributed by atoms with Gasteiger partial charge in [0.05, 0.1) is 11.8 Å². The van der Waals surface area contributed by atoms with Gasteiger partial charge in [0.25, 0.3) is 5.56 Å². The fourth-order valence-electron chi connectivity index (χ4n) is 1.96. The molecule has 2 aromatic rings. The molecule has 0 amide bonds. The summed E-state index contributed by atoms with van der Waals surface area (Å²) >= 11 is 1.48. The molecular formula is C11H12N2OS. The second kappa shape index (κ2) is 3.45. The molecule has 0 N–H and O–H groups in total. The van der Waals surface area contributed by atoms with Crippen molar-refractivity contribution in [2.45, 2.75) is 25.8 Å². The standard InChI is InChI=1S/C11H12N2OS/c14-11-10-9(4-5-15-10)12-7-13(11)6-8-2-1-3-8/h4-5,7-8H,1-3,6H2. The topological polar surface area (TPSA) is 34.9 Å². The second-order valence-corrected chi connectivity index (χ2v) is 5.05. The normalized spacial score (nSPS) is 16.8. The van der Waals surface area contributed by atoms with E-state index in [1.54, 1.807) is 10.9 Å². The van der Waals surface area contributed by atoms with Crippen LogP contribution in [0.2, 0.25) is 0 Å². The Morgan fingerprint density at radius 3 is 3.13 bits per heavy atom. The van der Waals surface area contributed by atoms with Gasteiger partial charge in [0.15, 0.2) is 0 Å². The molecule has 3 rings (SSSR count). The summed E-state index contributed by atoms with van der Waals surface area (Å²) in [6, 6.07) is 1.90. The van der Waals surface area contributed by atoms with E-state index in [2.05, 4.69) is 4.98 Å². The van der Waals surface area contributed by atoms with Gasteiger partial charge in [0.2, 0.25) is 0 Å². The first-order valence-corrected chi connectivity index (χ1v) is 6.15.